The molecule has 0 heterocycles. The van der Waals surface area contributed by atoms with Crippen molar-refractivity contribution in [2.24, 2.45) is 0 Å². The predicted octanol–water partition coefficient (Wildman–Crippen LogP) is 2.48. The van der Waals surface area contributed by atoms with E-state index in [1.54, 1.807) is 0 Å². The molecule has 0 fully saturated rings. The first-order chi connectivity index (χ1) is 8.73. The van der Waals surface area contributed by atoms with Crippen LogP contribution in [0.25, 0.3) is 0 Å². The van der Waals surface area contributed by atoms with E-state index >= 15 is 0 Å². The summed E-state index contributed by atoms with van der Waals surface area (Å²) in [5.74, 6) is -17.3. The summed E-state index contributed by atoms with van der Waals surface area (Å²) in [6, 6.07) is 0. The average molecular weight is 332 g/mol. The molecule has 0 spiro atoms. The predicted molar refractivity (Wildman–Crippen MR) is 52.1 cm³/mol. The SMILES string of the molecule is O=C(O)CSC(CC(=O)O)C(F)(F)C(F)(F)C(F)(F)F. The van der Waals surface area contributed by atoms with Crippen molar-refractivity contribution in [3.8, 4) is 0 Å². The molecular weight excluding hydrogens is 325 g/mol. The fourth-order valence-electron chi connectivity index (χ4n) is 1.01. The average Bonchev–Trinajstić information content (AvgIpc) is 2.21. The Balaban J connectivity index is 5.40. The number of hydrogen-bond donors (Lipinski definition) is 2. The fraction of sp³-hybridized carbons (Fsp3) is 0.750. The molecule has 0 aliphatic heterocycles. The van der Waals surface area contributed by atoms with Gasteiger partial charge in [-0.15, -0.1) is 11.8 Å². The number of aliphatic carboxylic acids is 2. The molecule has 0 bridgehead atoms. The summed E-state index contributed by atoms with van der Waals surface area (Å²) in [6.07, 6.45) is -8.35. The third kappa shape index (κ3) is 4.15. The number of carboxylic acid groups (broad SMARTS) is 2. The normalized spacial score (nSPS) is 14.9. The molecule has 0 aromatic heterocycles. The smallest absolute Gasteiger partial charge is 0.459 e. The van der Waals surface area contributed by atoms with E-state index in [0.717, 1.165) is 0 Å². The summed E-state index contributed by atoms with van der Waals surface area (Å²) < 4.78 is 87.6. The number of rotatable bonds is 7. The van der Waals surface area contributed by atoms with Gasteiger partial charge in [-0.3, -0.25) is 9.59 Å². The van der Waals surface area contributed by atoms with E-state index in [1.165, 1.54) is 0 Å². The maximum Gasteiger partial charge on any atom is 0.459 e. The number of halogens is 7. The lowest BCUT2D eigenvalue weighted by Gasteiger charge is -2.32. The van der Waals surface area contributed by atoms with Crippen LogP contribution in [0.1, 0.15) is 6.42 Å². The zero-order valence-corrected chi connectivity index (χ0v) is 10.1. The molecule has 20 heavy (non-hydrogen) atoms. The summed E-state index contributed by atoms with van der Waals surface area (Å²) >= 11 is -0.502. The Morgan fingerprint density at radius 3 is 1.70 bits per heavy atom. The van der Waals surface area contributed by atoms with E-state index in [1.807, 2.05) is 0 Å². The minimum absolute atomic E-state index is 0.502. The summed E-state index contributed by atoms with van der Waals surface area (Å²) in [5, 5.41) is 13.4. The number of carboxylic acids is 2. The molecule has 0 saturated carbocycles. The first-order valence-electron chi connectivity index (χ1n) is 4.61. The summed E-state index contributed by atoms with van der Waals surface area (Å²) in [7, 11) is 0. The third-order valence-corrected chi connectivity index (χ3v) is 3.23. The highest BCUT2D eigenvalue weighted by Crippen LogP contribution is 2.51. The molecule has 0 rings (SSSR count). The zero-order valence-electron chi connectivity index (χ0n) is 9.26. The number of thioether (sulfide) groups is 1. The van der Waals surface area contributed by atoms with Gasteiger partial charge in [-0.05, 0) is 0 Å². The molecule has 0 saturated heterocycles. The second-order valence-corrected chi connectivity index (χ2v) is 4.68. The standard InChI is InChI=1S/C8H7F7O4S/c9-6(10,7(11,12)8(13,14)15)3(1-4(16)17)20-2-5(18)19/h3H,1-2H2,(H,16,17)(H,18,19). The quantitative estimate of drug-likeness (QED) is 0.701. The van der Waals surface area contributed by atoms with Gasteiger partial charge in [0, 0.05) is 0 Å². The first-order valence-corrected chi connectivity index (χ1v) is 5.66. The van der Waals surface area contributed by atoms with Crippen molar-refractivity contribution in [3.63, 3.8) is 0 Å². The molecular formula is C8H7F7O4S. The van der Waals surface area contributed by atoms with Crippen molar-refractivity contribution in [1.82, 2.24) is 0 Å². The lowest BCUT2D eigenvalue weighted by Crippen LogP contribution is -2.57. The largest absolute Gasteiger partial charge is 0.481 e. The van der Waals surface area contributed by atoms with E-state index in [2.05, 4.69) is 0 Å². The lowest BCUT2D eigenvalue weighted by atomic mass is 10.1. The summed E-state index contributed by atoms with van der Waals surface area (Å²) in [6.45, 7) is 0. The maximum atomic E-state index is 13.2. The van der Waals surface area contributed by atoms with Crippen LogP contribution < -0.4 is 0 Å². The van der Waals surface area contributed by atoms with Gasteiger partial charge in [0.2, 0.25) is 0 Å². The second-order valence-electron chi connectivity index (χ2n) is 3.49. The van der Waals surface area contributed by atoms with Gasteiger partial charge in [-0.25, -0.2) is 0 Å². The van der Waals surface area contributed by atoms with Crippen molar-refractivity contribution < 1.29 is 50.5 Å². The Kier molecular flexibility index (Phi) is 5.69. The van der Waals surface area contributed by atoms with Crippen LogP contribution in [0.5, 0.6) is 0 Å². The van der Waals surface area contributed by atoms with Gasteiger partial charge < -0.3 is 10.2 Å². The van der Waals surface area contributed by atoms with Crippen LogP contribution in [-0.2, 0) is 9.59 Å². The van der Waals surface area contributed by atoms with Gasteiger partial charge in [0.1, 0.15) is 0 Å². The Hall–Kier alpha value is -1.20. The molecule has 0 aliphatic rings. The van der Waals surface area contributed by atoms with Crippen LogP contribution in [0.4, 0.5) is 30.7 Å². The van der Waals surface area contributed by atoms with Gasteiger partial charge in [-0.2, -0.15) is 30.7 Å². The number of carbonyl (C=O) groups is 2. The second kappa shape index (κ2) is 6.06. The van der Waals surface area contributed by atoms with Crippen molar-refractivity contribution >= 4 is 23.7 Å². The molecule has 118 valence electrons. The maximum absolute atomic E-state index is 13.2. The van der Waals surface area contributed by atoms with E-state index in [0.29, 0.717) is 0 Å². The van der Waals surface area contributed by atoms with Crippen molar-refractivity contribution in [3.05, 3.63) is 0 Å². The molecule has 0 aromatic carbocycles. The lowest BCUT2D eigenvalue weighted by molar-refractivity contribution is -0.354. The van der Waals surface area contributed by atoms with Crippen molar-refractivity contribution in [1.29, 1.82) is 0 Å². The molecule has 0 amide bonds. The molecule has 12 heteroatoms. The number of alkyl halides is 7. The Bertz CT molecular complexity index is 382. The van der Waals surface area contributed by atoms with E-state index in [9.17, 15) is 40.3 Å². The van der Waals surface area contributed by atoms with Gasteiger partial charge >= 0.3 is 30.0 Å². The minimum Gasteiger partial charge on any atom is -0.481 e. The van der Waals surface area contributed by atoms with E-state index in [4.69, 9.17) is 10.2 Å². The summed E-state index contributed by atoms with van der Waals surface area (Å²) in [5.41, 5.74) is 0. The molecule has 4 nitrogen and oxygen atoms in total. The minimum atomic E-state index is -6.60. The number of hydrogen-bond acceptors (Lipinski definition) is 3. The third-order valence-electron chi connectivity index (χ3n) is 1.95. The topological polar surface area (TPSA) is 74.6 Å². The fourth-order valence-corrected chi connectivity index (χ4v) is 1.97. The highest BCUT2D eigenvalue weighted by atomic mass is 32.2. The van der Waals surface area contributed by atoms with Gasteiger partial charge in [0.05, 0.1) is 17.4 Å². The molecule has 1 atom stereocenters. The monoisotopic (exact) mass is 332 g/mol. The molecule has 0 aliphatic carbocycles. The molecule has 1 unspecified atom stereocenters. The van der Waals surface area contributed by atoms with Crippen molar-refractivity contribution in [2.45, 2.75) is 29.7 Å². The van der Waals surface area contributed by atoms with Gasteiger partial charge in [0.15, 0.2) is 0 Å². The van der Waals surface area contributed by atoms with Crippen molar-refractivity contribution in [2.75, 3.05) is 5.75 Å². The molecule has 0 radical (unpaired) electrons. The summed E-state index contributed by atoms with van der Waals surface area (Å²) in [4.78, 5) is 20.4. The highest BCUT2D eigenvalue weighted by molar-refractivity contribution is 8.00. The molecule has 2 N–H and O–H groups in total. The Labute approximate surface area is 110 Å². The molecule has 0 aromatic rings. The highest BCUT2D eigenvalue weighted by Gasteiger charge is 2.75. The van der Waals surface area contributed by atoms with Crippen LogP contribution in [0.2, 0.25) is 0 Å². The van der Waals surface area contributed by atoms with Gasteiger partial charge in [0.25, 0.3) is 0 Å². The van der Waals surface area contributed by atoms with Crippen LogP contribution in [0.3, 0.4) is 0 Å². The van der Waals surface area contributed by atoms with Crippen LogP contribution >= 0.6 is 11.8 Å². The van der Waals surface area contributed by atoms with E-state index < -0.39 is 59.1 Å². The van der Waals surface area contributed by atoms with Gasteiger partial charge in [-0.1, -0.05) is 0 Å². The van der Waals surface area contributed by atoms with Crippen LogP contribution in [0.15, 0.2) is 0 Å². The van der Waals surface area contributed by atoms with Crippen LogP contribution in [-0.4, -0.2) is 51.2 Å². The first kappa shape index (κ1) is 18.8. The van der Waals surface area contributed by atoms with Crippen LogP contribution in [0, 0.1) is 0 Å². The van der Waals surface area contributed by atoms with E-state index in [-0.39, 0.29) is 0 Å². The Morgan fingerprint density at radius 1 is 0.950 bits per heavy atom. The zero-order chi connectivity index (χ0) is 16.4. The Morgan fingerprint density at radius 2 is 1.40 bits per heavy atom.